The van der Waals surface area contributed by atoms with Crippen LogP contribution in [0.1, 0.15) is 35.7 Å². The van der Waals surface area contributed by atoms with Gasteiger partial charge in [0.25, 0.3) is 0 Å². The predicted octanol–water partition coefficient (Wildman–Crippen LogP) is 4.89. The molecule has 1 atom stereocenters. The zero-order chi connectivity index (χ0) is 26.3. The highest BCUT2D eigenvalue weighted by atomic mass is 19.4. The third-order valence-electron chi connectivity index (χ3n) is 6.23. The van der Waals surface area contributed by atoms with Gasteiger partial charge < -0.3 is 16.0 Å². The Morgan fingerprint density at radius 2 is 1.64 bits per heavy atom. The van der Waals surface area contributed by atoms with E-state index in [1.807, 2.05) is 0 Å². The third kappa shape index (κ3) is 5.46. The molecule has 1 aliphatic heterocycles. The average molecular weight is 518 g/mol. The first-order valence-electron chi connectivity index (χ1n) is 10.9. The number of halogens is 7. The number of aromatic nitrogens is 3. The number of likely N-dealkylation sites (tertiary alicyclic amines) is 1. The van der Waals surface area contributed by atoms with E-state index in [0.29, 0.717) is 48.1 Å². The molecule has 0 saturated carbocycles. The molecule has 36 heavy (non-hydrogen) atoms. The lowest BCUT2D eigenvalue weighted by Crippen LogP contribution is -2.43. The number of hydrogen-bond acceptors (Lipinski definition) is 4. The smallest absolute Gasteiger partial charge is 0.369 e. The molecule has 2 aromatic heterocycles. The monoisotopic (exact) mass is 518 g/mol. The van der Waals surface area contributed by atoms with Gasteiger partial charge in [-0.2, -0.15) is 36.0 Å². The molecule has 4 rings (SSSR count). The van der Waals surface area contributed by atoms with Gasteiger partial charge in [0.05, 0.1) is 0 Å². The molecule has 1 fully saturated rings. The van der Waals surface area contributed by atoms with Gasteiger partial charge >= 0.3 is 18.4 Å². The van der Waals surface area contributed by atoms with E-state index in [4.69, 9.17) is 5.73 Å². The summed E-state index contributed by atoms with van der Waals surface area (Å²) in [5, 5.41) is 6.21. The van der Waals surface area contributed by atoms with Crippen molar-refractivity contribution in [1.29, 1.82) is 0 Å². The number of anilines is 1. The zero-order valence-electron chi connectivity index (χ0n) is 18.6. The molecule has 0 aliphatic carbocycles. The van der Waals surface area contributed by atoms with Crippen LogP contribution in [0.3, 0.4) is 0 Å². The maximum absolute atomic E-state index is 13.5. The SMILES string of the molecule is NC(=O)N1CCC([C@H](CNc2cc(C(F)(F)F)nc3cc(C(F)(F)F)nn23)c2ccc(F)cc2)CC1. The van der Waals surface area contributed by atoms with Gasteiger partial charge in [0.2, 0.25) is 0 Å². The van der Waals surface area contributed by atoms with Crippen LogP contribution in [-0.4, -0.2) is 45.2 Å². The van der Waals surface area contributed by atoms with Gasteiger partial charge in [0.1, 0.15) is 11.6 Å². The Morgan fingerprint density at radius 1 is 1.03 bits per heavy atom. The molecule has 7 nitrogen and oxygen atoms in total. The van der Waals surface area contributed by atoms with Crippen molar-refractivity contribution in [3.63, 3.8) is 0 Å². The molecule has 14 heteroatoms. The lowest BCUT2D eigenvalue weighted by atomic mass is 9.80. The molecule has 1 aromatic carbocycles. The summed E-state index contributed by atoms with van der Waals surface area (Å²) in [6, 6.07) is 6.05. The van der Waals surface area contributed by atoms with Gasteiger partial charge in [0, 0.05) is 37.7 Å². The van der Waals surface area contributed by atoms with Crippen molar-refractivity contribution in [2.75, 3.05) is 25.0 Å². The van der Waals surface area contributed by atoms with Crippen LogP contribution in [0.4, 0.5) is 41.3 Å². The lowest BCUT2D eigenvalue weighted by molar-refractivity contribution is -0.142. The van der Waals surface area contributed by atoms with Crippen molar-refractivity contribution in [1.82, 2.24) is 19.5 Å². The van der Waals surface area contributed by atoms with Crippen LogP contribution in [0.25, 0.3) is 5.65 Å². The summed E-state index contributed by atoms with van der Waals surface area (Å²) < 4.78 is 94.0. The molecule has 0 unspecified atom stereocenters. The summed E-state index contributed by atoms with van der Waals surface area (Å²) in [6.07, 6.45) is -8.74. The van der Waals surface area contributed by atoms with Crippen LogP contribution in [-0.2, 0) is 12.4 Å². The van der Waals surface area contributed by atoms with Crippen molar-refractivity contribution >= 4 is 17.5 Å². The number of alkyl halides is 6. The fraction of sp³-hybridized carbons (Fsp3) is 0.409. The number of hydrogen-bond donors (Lipinski definition) is 2. The standard InChI is InChI=1S/C22H21F7N6O/c23-14-3-1-12(2-4-14)15(13-5-7-34(8-6-13)20(30)36)11-31-18-9-16(21(24,25)26)32-19-10-17(22(27,28)29)33-35(18)19/h1-4,9-10,13,15,31H,5-8,11H2,(H2,30,36)/t15-/m1/s1. The second kappa shape index (κ2) is 9.47. The Labute approximate surface area is 200 Å². The summed E-state index contributed by atoms with van der Waals surface area (Å²) >= 11 is 0. The fourth-order valence-corrected chi connectivity index (χ4v) is 4.39. The number of rotatable bonds is 5. The Morgan fingerprint density at radius 3 is 2.19 bits per heavy atom. The molecule has 1 aliphatic rings. The maximum Gasteiger partial charge on any atom is 0.435 e. The number of nitrogens with two attached hydrogens (primary N) is 1. The van der Waals surface area contributed by atoms with E-state index < -0.39 is 41.2 Å². The third-order valence-corrected chi connectivity index (χ3v) is 6.23. The van der Waals surface area contributed by atoms with Crippen molar-refractivity contribution in [2.45, 2.75) is 31.1 Å². The van der Waals surface area contributed by atoms with Gasteiger partial charge in [-0.15, -0.1) is 0 Å². The number of nitrogens with zero attached hydrogens (tertiary/aromatic N) is 4. The second-order valence-electron chi connectivity index (χ2n) is 8.52. The number of primary amides is 1. The fourth-order valence-electron chi connectivity index (χ4n) is 4.39. The number of carbonyl (C=O) groups is 1. The predicted molar refractivity (Wildman–Crippen MR) is 115 cm³/mol. The van der Waals surface area contributed by atoms with Crippen LogP contribution in [0.15, 0.2) is 36.4 Å². The molecule has 3 N–H and O–H groups in total. The van der Waals surface area contributed by atoms with E-state index in [1.165, 1.54) is 17.0 Å². The van der Waals surface area contributed by atoms with E-state index in [1.54, 1.807) is 12.1 Å². The number of piperidine rings is 1. The number of benzene rings is 1. The Kier molecular flexibility index (Phi) is 6.71. The highest BCUT2D eigenvalue weighted by Gasteiger charge is 2.37. The van der Waals surface area contributed by atoms with Crippen LogP contribution >= 0.6 is 0 Å². The first-order chi connectivity index (χ1) is 16.8. The van der Waals surface area contributed by atoms with Crippen molar-refractivity contribution < 1.29 is 35.5 Å². The molecular weight excluding hydrogens is 497 g/mol. The highest BCUT2D eigenvalue weighted by molar-refractivity contribution is 5.72. The highest BCUT2D eigenvalue weighted by Crippen LogP contribution is 2.36. The quantitative estimate of drug-likeness (QED) is 0.471. The second-order valence-corrected chi connectivity index (χ2v) is 8.52. The Hall–Kier alpha value is -3.58. The maximum atomic E-state index is 13.5. The molecule has 0 bridgehead atoms. The van der Waals surface area contributed by atoms with Crippen LogP contribution in [0.2, 0.25) is 0 Å². The van der Waals surface area contributed by atoms with Gasteiger partial charge in [-0.1, -0.05) is 12.1 Å². The Balaban J connectivity index is 1.67. The van der Waals surface area contributed by atoms with E-state index >= 15 is 0 Å². The number of urea groups is 1. The minimum atomic E-state index is -4.90. The summed E-state index contributed by atoms with van der Waals surface area (Å²) in [7, 11) is 0. The van der Waals surface area contributed by atoms with Gasteiger partial charge in [-0.25, -0.2) is 14.2 Å². The van der Waals surface area contributed by atoms with E-state index in [-0.39, 0.29) is 24.2 Å². The molecule has 3 aromatic rings. The van der Waals surface area contributed by atoms with Gasteiger partial charge in [0.15, 0.2) is 17.0 Å². The average Bonchev–Trinajstić information content (AvgIpc) is 3.25. The summed E-state index contributed by atoms with van der Waals surface area (Å²) in [5.74, 6) is -1.24. The van der Waals surface area contributed by atoms with Crippen LogP contribution in [0, 0.1) is 11.7 Å². The molecule has 194 valence electrons. The minimum absolute atomic E-state index is 0.00446. The van der Waals surface area contributed by atoms with Crippen LogP contribution in [0.5, 0.6) is 0 Å². The Bertz CT molecular complexity index is 1230. The number of fused-ring (bicyclic) bond motifs is 1. The van der Waals surface area contributed by atoms with E-state index in [0.717, 1.165) is 0 Å². The minimum Gasteiger partial charge on any atom is -0.369 e. The number of amides is 2. The molecule has 2 amide bonds. The first kappa shape index (κ1) is 25.5. The van der Waals surface area contributed by atoms with E-state index in [9.17, 15) is 35.5 Å². The first-order valence-corrected chi connectivity index (χ1v) is 10.9. The summed E-state index contributed by atoms with van der Waals surface area (Å²) in [4.78, 5) is 16.2. The van der Waals surface area contributed by atoms with Crippen molar-refractivity contribution in [2.24, 2.45) is 11.7 Å². The summed E-state index contributed by atoms with van der Waals surface area (Å²) in [5.41, 5.74) is 2.63. The topological polar surface area (TPSA) is 88.5 Å². The zero-order valence-corrected chi connectivity index (χ0v) is 18.6. The summed E-state index contributed by atoms with van der Waals surface area (Å²) in [6.45, 7) is 0.734. The van der Waals surface area contributed by atoms with Gasteiger partial charge in [-0.3, -0.25) is 0 Å². The largest absolute Gasteiger partial charge is 0.435 e. The number of carbonyl (C=O) groups excluding carboxylic acids is 1. The number of nitrogens with one attached hydrogen (secondary N) is 1. The van der Waals surface area contributed by atoms with Crippen LogP contribution < -0.4 is 11.1 Å². The lowest BCUT2D eigenvalue weighted by Gasteiger charge is -2.36. The molecule has 0 radical (unpaired) electrons. The normalized spacial score (nSPS) is 16.4. The molecular formula is C22H21F7N6O. The molecule has 0 spiro atoms. The van der Waals surface area contributed by atoms with Crippen molar-refractivity contribution in [3.05, 3.63) is 59.2 Å². The van der Waals surface area contributed by atoms with Gasteiger partial charge in [-0.05, 0) is 36.5 Å². The molecule has 1 saturated heterocycles. The van der Waals surface area contributed by atoms with E-state index in [2.05, 4.69) is 15.4 Å². The molecule has 3 heterocycles. The van der Waals surface area contributed by atoms with Crippen molar-refractivity contribution in [3.8, 4) is 0 Å².